The lowest BCUT2D eigenvalue weighted by atomic mass is 9.92. The summed E-state index contributed by atoms with van der Waals surface area (Å²) in [6.45, 7) is 10.6. The summed E-state index contributed by atoms with van der Waals surface area (Å²) in [5.41, 5.74) is 2.95. The molecule has 0 atom stereocenters. The topological polar surface area (TPSA) is 79.3 Å². The first-order valence-electron chi connectivity index (χ1n) is 12.5. The summed E-state index contributed by atoms with van der Waals surface area (Å²) in [5, 5.41) is 11.4. The maximum absolute atomic E-state index is 13.2. The first-order chi connectivity index (χ1) is 17.5. The van der Waals surface area contributed by atoms with Crippen LogP contribution in [0.15, 0.2) is 48.5 Å². The van der Waals surface area contributed by atoms with E-state index in [-0.39, 0.29) is 23.9 Å². The van der Waals surface area contributed by atoms with Gasteiger partial charge in [-0.15, -0.1) is 0 Å². The van der Waals surface area contributed by atoms with E-state index in [1.165, 1.54) is 4.90 Å². The van der Waals surface area contributed by atoms with Crippen molar-refractivity contribution in [1.29, 1.82) is 0 Å². The minimum Gasteiger partial charge on any atom is -0.315 e. The Hall–Kier alpha value is -3.03. The Bertz CT molecular complexity index is 1250. The lowest BCUT2D eigenvalue weighted by Gasteiger charge is -2.23. The first kappa shape index (κ1) is 28.5. The summed E-state index contributed by atoms with van der Waals surface area (Å²) < 4.78 is 1.63. The number of hydrogen-bond acceptors (Lipinski definition) is 3. The van der Waals surface area contributed by atoms with Crippen molar-refractivity contribution in [2.24, 2.45) is 0 Å². The van der Waals surface area contributed by atoms with E-state index < -0.39 is 0 Å². The number of rotatable bonds is 9. The van der Waals surface area contributed by atoms with Crippen LogP contribution in [0.2, 0.25) is 10.0 Å². The molecule has 198 valence electrons. The van der Waals surface area contributed by atoms with Crippen LogP contribution in [0.5, 0.6) is 0 Å². The number of unbranched alkanes of at least 4 members (excludes halogenated alkanes) is 2. The maximum atomic E-state index is 13.2. The van der Waals surface area contributed by atoms with Crippen LogP contribution in [0, 0.1) is 6.92 Å². The Kier molecular flexibility index (Phi) is 9.62. The van der Waals surface area contributed by atoms with Gasteiger partial charge < -0.3 is 15.5 Å². The highest BCUT2D eigenvalue weighted by atomic mass is 35.5. The zero-order valence-corrected chi connectivity index (χ0v) is 23.6. The zero-order valence-electron chi connectivity index (χ0n) is 22.1. The highest BCUT2D eigenvalue weighted by Gasteiger charge is 2.23. The third-order valence-corrected chi connectivity index (χ3v) is 6.55. The number of nitrogens with one attached hydrogen (secondary N) is 2. The number of aryl methyl sites for hydroxylation is 1. The molecule has 0 fully saturated rings. The minimum absolute atomic E-state index is 0.0984. The lowest BCUT2D eigenvalue weighted by Crippen LogP contribution is -2.41. The van der Waals surface area contributed by atoms with Crippen molar-refractivity contribution in [3.63, 3.8) is 0 Å². The molecule has 37 heavy (non-hydrogen) atoms. The summed E-state index contributed by atoms with van der Waals surface area (Å²) in [4.78, 5) is 27.8. The Morgan fingerprint density at radius 1 is 1.00 bits per heavy atom. The second kappa shape index (κ2) is 12.5. The number of carbonyl (C=O) groups excluding carboxylic acids is 2. The van der Waals surface area contributed by atoms with Gasteiger partial charge in [0.2, 0.25) is 5.91 Å². The predicted octanol–water partition coefficient (Wildman–Crippen LogP) is 7.45. The molecule has 1 heterocycles. The summed E-state index contributed by atoms with van der Waals surface area (Å²) in [5.74, 6) is 0.165. The lowest BCUT2D eigenvalue weighted by molar-refractivity contribution is -0.116. The number of nitrogens with zero attached hydrogens (tertiary/aromatic N) is 3. The first-order valence-corrected chi connectivity index (χ1v) is 13.2. The van der Waals surface area contributed by atoms with Crippen LogP contribution in [0.1, 0.15) is 58.2 Å². The van der Waals surface area contributed by atoms with E-state index in [0.29, 0.717) is 33.8 Å². The van der Waals surface area contributed by atoms with E-state index in [4.69, 9.17) is 28.3 Å². The summed E-state index contributed by atoms with van der Waals surface area (Å²) in [6.07, 6.45) is 2.78. The average molecular weight is 545 g/mol. The average Bonchev–Trinajstić information content (AvgIpc) is 3.24. The molecule has 7 nitrogen and oxygen atoms in total. The monoisotopic (exact) mass is 543 g/mol. The highest BCUT2D eigenvalue weighted by molar-refractivity contribution is 6.42. The van der Waals surface area contributed by atoms with Crippen LogP contribution in [0.25, 0.3) is 5.69 Å². The Balaban J connectivity index is 1.83. The van der Waals surface area contributed by atoms with Crippen LogP contribution < -0.4 is 10.6 Å². The SMILES string of the molecule is CCCCCN(CC(=O)Nc1cc(C(C)(C)C)nn1-c1ccc(Cl)c(Cl)c1)C(=O)Nc1cccc(C)c1. The molecule has 3 rings (SSSR count). The molecule has 3 amide bonds. The second-order valence-corrected chi connectivity index (χ2v) is 11.0. The molecule has 0 aliphatic rings. The van der Waals surface area contributed by atoms with Crippen molar-refractivity contribution < 1.29 is 9.59 Å². The molecule has 0 saturated heterocycles. The molecular weight excluding hydrogens is 509 g/mol. The van der Waals surface area contributed by atoms with Gasteiger partial charge in [-0.05, 0) is 49.2 Å². The molecule has 0 saturated carbocycles. The molecule has 2 N–H and O–H groups in total. The van der Waals surface area contributed by atoms with Gasteiger partial charge >= 0.3 is 6.03 Å². The second-order valence-electron chi connectivity index (χ2n) is 10.2. The smallest absolute Gasteiger partial charge is 0.315 e. The van der Waals surface area contributed by atoms with Gasteiger partial charge in [0, 0.05) is 23.7 Å². The summed E-state index contributed by atoms with van der Waals surface area (Å²) in [6, 6.07) is 14.3. The van der Waals surface area contributed by atoms with Crippen molar-refractivity contribution in [2.75, 3.05) is 23.7 Å². The van der Waals surface area contributed by atoms with Gasteiger partial charge in [0.1, 0.15) is 12.4 Å². The Labute approximate surface area is 229 Å². The van der Waals surface area contributed by atoms with E-state index >= 15 is 0 Å². The molecule has 0 unspecified atom stereocenters. The molecule has 0 aliphatic carbocycles. The molecule has 0 spiro atoms. The minimum atomic E-state index is -0.322. The third-order valence-electron chi connectivity index (χ3n) is 5.82. The number of carbonyl (C=O) groups is 2. The van der Waals surface area contributed by atoms with Gasteiger partial charge in [0.25, 0.3) is 0 Å². The van der Waals surface area contributed by atoms with E-state index in [1.54, 1.807) is 22.9 Å². The van der Waals surface area contributed by atoms with Crippen molar-refractivity contribution in [3.8, 4) is 5.69 Å². The van der Waals surface area contributed by atoms with E-state index in [2.05, 4.69) is 17.6 Å². The van der Waals surface area contributed by atoms with Gasteiger partial charge in [-0.1, -0.05) is 75.9 Å². The van der Waals surface area contributed by atoms with Gasteiger partial charge in [-0.2, -0.15) is 5.10 Å². The molecule has 1 aromatic heterocycles. The molecule has 0 aliphatic heterocycles. The van der Waals surface area contributed by atoms with Gasteiger partial charge in [0.05, 0.1) is 21.4 Å². The van der Waals surface area contributed by atoms with E-state index in [1.807, 2.05) is 58.0 Å². The van der Waals surface area contributed by atoms with Crippen LogP contribution in [-0.4, -0.2) is 39.7 Å². The number of benzene rings is 2. The van der Waals surface area contributed by atoms with Gasteiger partial charge in [-0.3, -0.25) is 4.79 Å². The van der Waals surface area contributed by atoms with Gasteiger partial charge in [-0.25, -0.2) is 9.48 Å². The van der Waals surface area contributed by atoms with Gasteiger partial charge in [0.15, 0.2) is 0 Å². The van der Waals surface area contributed by atoms with Crippen LogP contribution in [0.4, 0.5) is 16.3 Å². The van der Waals surface area contributed by atoms with Crippen LogP contribution in [-0.2, 0) is 10.2 Å². The number of hydrogen-bond donors (Lipinski definition) is 2. The fourth-order valence-corrected chi connectivity index (χ4v) is 4.03. The molecule has 9 heteroatoms. The highest BCUT2D eigenvalue weighted by Crippen LogP contribution is 2.29. The standard InChI is InChI=1S/C28H35Cl2N5O2/c1-6-7-8-14-34(27(37)31-20-11-9-10-19(2)15-20)18-26(36)32-25-17-24(28(3,4)5)33-35(25)21-12-13-22(29)23(30)16-21/h9-13,15-17H,6-8,14,18H2,1-5H3,(H,31,37)(H,32,36). The third kappa shape index (κ3) is 7.98. The van der Waals surface area contributed by atoms with Crippen molar-refractivity contribution in [1.82, 2.24) is 14.7 Å². The fraction of sp³-hybridized carbons (Fsp3) is 0.393. The molecule has 3 aromatic rings. The van der Waals surface area contributed by atoms with Crippen LogP contribution in [0.3, 0.4) is 0 Å². The van der Waals surface area contributed by atoms with E-state index in [9.17, 15) is 9.59 Å². The Morgan fingerprint density at radius 3 is 2.41 bits per heavy atom. The summed E-state index contributed by atoms with van der Waals surface area (Å²) >= 11 is 12.3. The number of anilines is 2. The quantitative estimate of drug-likeness (QED) is 0.275. The van der Waals surface area contributed by atoms with E-state index in [0.717, 1.165) is 30.5 Å². The zero-order chi connectivity index (χ0) is 27.2. The molecule has 2 aromatic carbocycles. The van der Waals surface area contributed by atoms with Crippen LogP contribution >= 0.6 is 23.2 Å². The van der Waals surface area contributed by atoms with Crippen molar-refractivity contribution in [3.05, 3.63) is 69.8 Å². The maximum Gasteiger partial charge on any atom is 0.322 e. The fourth-order valence-electron chi connectivity index (χ4n) is 3.74. The number of halogens is 2. The number of aromatic nitrogens is 2. The molecule has 0 bridgehead atoms. The van der Waals surface area contributed by atoms with Crippen molar-refractivity contribution >= 4 is 46.6 Å². The molecule has 0 radical (unpaired) electrons. The largest absolute Gasteiger partial charge is 0.322 e. The number of urea groups is 1. The Morgan fingerprint density at radius 2 is 1.76 bits per heavy atom. The normalized spacial score (nSPS) is 11.3. The predicted molar refractivity (Wildman–Crippen MR) is 152 cm³/mol. The molecular formula is C28H35Cl2N5O2. The van der Waals surface area contributed by atoms with Crippen molar-refractivity contribution in [2.45, 2.75) is 59.3 Å². The summed E-state index contributed by atoms with van der Waals surface area (Å²) in [7, 11) is 0. The number of amides is 3.